The summed E-state index contributed by atoms with van der Waals surface area (Å²) < 4.78 is 0. The second-order valence-electron chi connectivity index (χ2n) is 6.33. The summed E-state index contributed by atoms with van der Waals surface area (Å²) in [5, 5.41) is 15.7. The zero-order chi connectivity index (χ0) is 13.6. The molecule has 2 unspecified atom stereocenters. The van der Waals surface area contributed by atoms with E-state index in [1.165, 1.54) is 6.42 Å². The first kappa shape index (κ1) is 15.4. The van der Waals surface area contributed by atoms with Crippen LogP contribution >= 0.6 is 0 Å². The summed E-state index contributed by atoms with van der Waals surface area (Å²) in [6, 6.07) is 0.172. The SMILES string of the molecule is CC(C)(C)NCCC(=O)NC1CCCCC1CO. The number of hydrogen-bond acceptors (Lipinski definition) is 3. The number of carbonyl (C=O) groups is 1. The molecule has 0 radical (unpaired) electrons. The average Bonchev–Trinajstić information content (AvgIpc) is 2.28. The van der Waals surface area contributed by atoms with Crippen LogP contribution in [0.1, 0.15) is 52.9 Å². The molecule has 0 aliphatic heterocycles. The Morgan fingerprint density at radius 1 is 1.28 bits per heavy atom. The molecular weight excluding hydrogens is 228 g/mol. The summed E-state index contributed by atoms with van der Waals surface area (Å²) >= 11 is 0. The number of hydrogen-bond donors (Lipinski definition) is 3. The van der Waals surface area contributed by atoms with Gasteiger partial charge >= 0.3 is 0 Å². The van der Waals surface area contributed by atoms with E-state index >= 15 is 0 Å². The Balaban J connectivity index is 2.26. The van der Waals surface area contributed by atoms with Crippen molar-refractivity contribution in [3.8, 4) is 0 Å². The van der Waals surface area contributed by atoms with Gasteiger partial charge in [-0.05, 0) is 33.6 Å². The molecule has 3 N–H and O–H groups in total. The fourth-order valence-corrected chi connectivity index (χ4v) is 2.45. The molecule has 1 amide bonds. The summed E-state index contributed by atoms with van der Waals surface area (Å²) in [7, 11) is 0. The van der Waals surface area contributed by atoms with Crippen molar-refractivity contribution in [2.45, 2.75) is 64.5 Å². The van der Waals surface area contributed by atoms with Crippen LogP contribution < -0.4 is 10.6 Å². The summed E-state index contributed by atoms with van der Waals surface area (Å²) in [4.78, 5) is 11.8. The van der Waals surface area contributed by atoms with Gasteiger partial charge in [0.25, 0.3) is 0 Å². The quantitative estimate of drug-likeness (QED) is 0.697. The van der Waals surface area contributed by atoms with E-state index in [0.29, 0.717) is 13.0 Å². The van der Waals surface area contributed by atoms with E-state index in [4.69, 9.17) is 0 Å². The molecule has 0 aromatic carbocycles. The van der Waals surface area contributed by atoms with Crippen molar-refractivity contribution in [3.05, 3.63) is 0 Å². The van der Waals surface area contributed by atoms with E-state index < -0.39 is 0 Å². The van der Waals surface area contributed by atoms with Gasteiger partial charge in [-0.1, -0.05) is 12.8 Å². The highest BCUT2D eigenvalue weighted by Crippen LogP contribution is 2.23. The van der Waals surface area contributed by atoms with Crippen molar-refractivity contribution in [2.75, 3.05) is 13.2 Å². The highest BCUT2D eigenvalue weighted by atomic mass is 16.3. The van der Waals surface area contributed by atoms with Gasteiger partial charge in [-0.25, -0.2) is 0 Å². The van der Waals surface area contributed by atoms with Crippen molar-refractivity contribution in [2.24, 2.45) is 5.92 Å². The number of nitrogens with one attached hydrogen (secondary N) is 2. The van der Waals surface area contributed by atoms with E-state index in [0.717, 1.165) is 19.3 Å². The van der Waals surface area contributed by atoms with Crippen LogP contribution in [0.5, 0.6) is 0 Å². The van der Waals surface area contributed by atoms with E-state index in [-0.39, 0.29) is 30.0 Å². The van der Waals surface area contributed by atoms with Crippen LogP contribution in [0.2, 0.25) is 0 Å². The molecule has 0 bridgehead atoms. The molecule has 2 atom stereocenters. The van der Waals surface area contributed by atoms with Gasteiger partial charge in [0, 0.05) is 37.1 Å². The molecule has 0 aromatic heterocycles. The van der Waals surface area contributed by atoms with Gasteiger partial charge in [-0.2, -0.15) is 0 Å². The van der Waals surface area contributed by atoms with Crippen LogP contribution in [0, 0.1) is 5.92 Å². The molecule has 0 aromatic rings. The molecule has 1 fully saturated rings. The predicted molar refractivity (Wildman–Crippen MR) is 73.3 cm³/mol. The Labute approximate surface area is 111 Å². The molecule has 0 saturated heterocycles. The largest absolute Gasteiger partial charge is 0.396 e. The van der Waals surface area contributed by atoms with Crippen molar-refractivity contribution in [3.63, 3.8) is 0 Å². The van der Waals surface area contributed by atoms with Gasteiger partial charge in [0.05, 0.1) is 0 Å². The minimum atomic E-state index is 0.0543. The molecule has 1 aliphatic rings. The van der Waals surface area contributed by atoms with Gasteiger partial charge in [-0.15, -0.1) is 0 Å². The second-order valence-corrected chi connectivity index (χ2v) is 6.33. The maximum absolute atomic E-state index is 11.8. The Morgan fingerprint density at radius 2 is 1.94 bits per heavy atom. The third-order valence-electron chi connectivity index (χ3n) is 3.50. The lowest BCUT2D eigenvalue weighted by atomic mass is 9.85. The molecule has 1 rings (SSSR count). The first-order chi connectivity index (χ1) is 8.42. The standard InChI is InChI=1S/C14H28N2O2/c1-14(2,3)15-9-8-13(18)16-12-7-5-4-6-11(12)10-17/h11-12,15,17H,4-10H2,1-3H3,(H,16,18). The van der Waals surface area contributed by atoms with Crippen molar-refractivity contribution < 1.29 is 9.90 Å². The zero-order valence-electron chi connectivity index (χ0n) is 12.0. The van der Waals surface area contributed by atoms with Crippen LogP contribution in [0.4, 0.5) is 0 Å². The second kappa shape index (κ2) is 7.10. The van der Waals surface area contributed by atoms with Crippen LogP contribution in [0.15, 0.2) is 0 Å². The fraction of sp³-hybridized carbons (Fsp3) is 0.929. The normalized spacial score (nSPS) is 24.9. The zero-order valence-corrected chi connectivity index (χ0v) is 12.0. The van der Waals surface area contributed by atoms with Crippen LogP contribution in [-0.4, -0.2) is 35.7 Å². The van der Waals surface area contributed by atoms with Crippen LogP contribution in [0.25, 0.3) is 0 Å². The van der Waals surface area contributed by atoms with E-state index in [1.807, 2.05) is 0 Å². The summed E-state index contributed by atoms with van der Waals surface area (Å²) in [6.45, 7) is 7.16. The van der Waals surface area contributed by atoms with Crippen LogP contribution in [-0.2, 0) is 4.79 Å². The molecule has 4 heteroatoms. The fourth-order valence-electron chi connectivity index (χ4n) is 2.45. The molecule has 1 aliphatic carbocycles. The lowest BCUT2D eigenvalue weighted by Crippen LogP contribution is -2.45. The Morgan fingerprint density at radius 3 is 2.56 bits per heavy atom. The number of rotatable bonds is 5. The van der Waals surface area contributed by atoms with Gasteiger partial charge < -0.3 is 15.7 Å². The molecule has 0 spiro atoms. The van der Waals surface area contributed by atoms with Crippen molar-refractivity contribution in [1.29, 1.82) is 0 Å². The highest BCUT2D eigenvalue weighted by Gasteiger charge is 2.25. The molecule has 18 heavy (non-hydrogen) atoms. The number of aliphatic hydroxyl groups is 1. The summed E-state index contributed by atoms with van der Waals surface area (Å²) in [5.41, 5.74) is 0.0543. The minimum absolute atomic E-state index is 0.0543. The Kier molecular flexibility index (Phi) is 6.09. The average molecular weight is 256 g/mol. The first-order valence-electron chi connectivity index (χ1n) is 7.07. The first-order valence-corrected chi connectivity index (χ1v) is 7.07. The third kappa shape index (κ3) is 5.83. The monoisotopic (exact) mass is 256 g/mol. The van der Waals surface area contributed by atoms with Gasteiger partial charge in [0.2, 0.25) is 5.91 Å². The van der Waals surface area contributed by atoms with Gasteiger partial charge in [-0.3, -0.25) is 4.79 Å². The topological polar surface area (TPSA) is 61.4 Å². The Bertz CT molecular complexity index is 261. The third-order valence-corrected chi connectivity index (χ3v) is 3.50. The van der Waals surface area contributed by atoms with Crippen LogP contribution in [0.3, 0.4) is 0 Å². The summed E-state index contributed by atoms with van der Waals surface area (Å²) in [6.07, 6.45) is 4.86. The number of aliphatic hydroxyl groups excluding tert-OH is 1. The van der Waals surface area contributed by atoms with Gasteiger partial charge in [0.1, 0.15) is 0 Å². The smallest absolute Gasteiger partial charge is 0.221 e. The number of carbonyl (C=O) groups excluding carboxylic acids is 1. The predicted octanol–water partition coefficient (Wildman–Crippen LogP) is 1.43. The molecular formula is C14H28N2O2. The highest BCUT2D eigenvalue weighted by molar-refractivity contribution is 5.76. The molecule has 1 saturated carbocycles. The molecule has 4 nitrogen and oxygen atoms in total. The minimum Gasteiger partial charge on any atom is -0.396 e. The number of amides is 1. The molecule has 0 heterocycles. The van der Waals surface area contributed by atoms with E-state index in [2.05, 4.69) is 31.4 Å². The lowest BCUT2D eigenvalue weighted by Gasteiger charge is -2.31. The van der Waals surface area contributed by atoms with E-state index in [9.17, 15) is 9.90 Å². The Hall–Kier alpha value is -0.610. The van der Waals surface area contributed by atoms with Gasteiger partial charge in [0.15, 0.2) is 0 Å². The van der Waals surface area contributed by atoms with E-state index in [1.54, 1.807) is 0 Å². The van der Waals surface area contributed by atoms with Crippen molar-refractivity contribution in [1.82, 2.24) is 10.6 Å². The lowest BCUT2D eigenvalue weighted by molar-refractivity contribution is -0.122. The van der Waals surface area contributed by atoms with Crippen molar-refractivity contribution >= 4 is 5.91 Å². The summed E-state index contributed by atoms with van der Waals surface area (Å²) in [5.74, 6) is 0.343. The maximum atomic E-state index is 11.8. The maximum Gasteiger partial charge on any atom is 0.221 e. The molecule has 106 valence electrons.